The van der Waals surface area contributed by atoms with Crippen LogP contribution in [0.15, 0.2) is 46.8 Å². The SMILES string of the molecule is Cc1cnc(C2CCC(N3CC(/C(N)=C/N(N)CC(F)(F)F)OCC3Cc3ccc(Cl)cc3)CC2)o1. The van der Waals surface area contributed by atoms with Crippen LogP contribution in [0.1, 0.15) is 48.8 Å². The number of nitrogens with zero attached hydrogens (tertiary/aromatic N) is 3. The molecule has 1 aliphatic heterocycles. The minimum atomic E-state index is -4.42. The smallest absolute Gasteiger partial charge is 0.407 e. The summed E-state index contributed by atoms with van der Waals surface area (Å²) in [6.45, 7) is 1.50. The van der Waals surface area contributed by atoms with E-state index in [0.717, 1.165) is 55.5 Å². The molecule has 4 rings (SSSR count). The number of nitrogens with two attached hydrogens (primary N) is 2. The van der Waals surface area contributed by atoms with Gasteiger partial charge in [0.1, 0.15) is 18.4 Å². The minimum absolute atomic E-state index is 0.102. The van der Waals surface area contributed by atoms with Crippen LogP contribution in [0.5, 0.6) is 0 Å². The summed E-state index contributed by atoms with van der Waals surface area (Å²) in [6.07, 6.45) is 2.49. The molecule has 2 fully saturated rings. The van der Waals surface area contributed by atoms with Gasteiger partial charge in [-0.05, 0) is 56.7 Å². The first kappa shape index (κ1) is 26.8. The lowest BCUT2D eigenvalue weighted by atomic mass is 9.84. The predicted octanol–water partition coefficient (Wildman–Crippen LogP) is 4.51. The largest absolute Gasteiger partial charge is 0.446 e. The van der Waals surface area contributed by atoms with Crippen LogP contribution in [-0.2, 0) is 11.2 Å². The van der Waals surface area contributed by atoms with Gasteiger partial charge in [-0.1, -0.05) is 23.7 Å². The number of oxazole rings is 1. The Kier molecular flexibility index (Phi) is 8.49. The Balaban J connectivity index is 1.46. The Labute approximate surface area is 214 Å². The van der Waals surface area contributed by atoms with Crippen LogP contribution in [0.25, 0.3) is 0 Å². The highest BCUT2D eigenvalue weighted by Crippen LogP contribution is 2.36. The van der Waals surface area contributed by atoms with Gasteiger partial charge in [0, 0.05) is 35.8 Å². The Morgan fingerprint density at radius 2 is 1.92 bits per heavy atom. The number of morpholine rings is 1. The monoisotopic (exact) mass is 527 g/mol. The fourth-order valence-corrected chi connectivity index (χ4v) is 5.30. The second-order valence-corrected chi connectivity index (χ2v) is 10.2. The quantitative estimate of drug-likeness (QED) is 0.404. The van der Waals surface area contributed by atoms with E-state index in [-0.39, 0.29) is 17.8 Å². The average Bonchev–Trinajstić information content (AvgIpc) is 3.26. The first-order chi connectivity index (χ1) is 17.1. The molecule has 0 amide bonds. The molecule has 11 heteroatoms. The molecule has 2 aromatic rings. The number of aryl methyl sites for hydroxylation is 1. The van der Waals surface area contributed by atoms with Gasteiger partial charge in [-0.3, -0.25) is 4.90 Å². The summed E-state index contributed by atoms with van der Waals surface area (Å²) in [7, 11) is 0. The van der Waals surface area contributed by atoms with Gasteiger partial charge in [0.25, 0.3) is 0 Å². The van der Waals surface area contributed by atoms with E-state index in [1.54, 1.807) is 6.20 Å². The van der Waals surface area contributed by atoms with E-state index in [0.29, 0.717) is 29.1 Å². The number of alkyl halides is 3. The summed E-state index contributed by atoms with van der Waals surface area (Å²) >= 11 is 6.05. The topological polar surface area (TPSA) is 93.8 Å². The lowest BCUT2D eigenvalue weighted by Crippen LogP contribution is -2.56. The van der Waals surface area contributed by atoms with Gasteiger partial charge < -0.3 is 19.9 Å². The van der Waals surface area contributed by atoms with Gasteiger partial charge in [-0.2, -0.15) is 13.2 Å². The van der Waals surface area contributed by atoms with Gasteiger partial charge >= 0.3 is 6.18 Å². The molecule has 1 aromatic carbocycles. The highest BCUT2D eigenvalue weighted by molar-refractivity contribution is 6.30. The molecule has 1 saturated heterocycles. The molecule has 2 heterocycles. The van der Waals surface area contributed by atoms with Crippen molar-refractivity contribution >= 4 is 11.6 Å². The number of halogens is 4. The van der Waals surface area contributed by atoms with E-state index in [2.05, 4.69) is 9.88 Å². The Bertz CT molecular complexity index is 1020. The maximum atomic E-state index is 12.7. The summed E-state index contributed by atoms with van der Waals surface area (Å²) in [6, 6.07) is 8.14. The maximum Gasteiger partial charge on any atom is 0.407 e. The van der Waals surface area contributed by atoms with Crippen molar-refractivity contribution in [1.82, 2.24) is 14.9 Å². The van der Waals surface area contributed by atoms with Crippen molar-refractivity contribution < 1.29 is 22.3 Å². The number of benzene rings is 1. The molecule has 0 spiro atoms. The van der Waals surface area contributed by atoms with Crippen LogP contribution in [0.2, 0.25) is 5.02 Å². The van der Waals surface area contributed by atoms with Gasteiger partial charge in [-0.15, -0.1) is 0 Å². The fourth-order valence-electron chi connectivity index (χ4n) is 5.18. The summed E-state index contributed by atoms with van der Waals surface area (Å²) in [5, 5.41) is 1.24. The van der Waals surface area contributed by atoms with E-state index >= 15 is 0 Å². The molecule has 0 bridgehead atoms. The van der Waals surface area contributed by atoms with Gasteiger partial charge in [0.2, 0.25) is 0 Å². The highest BCUT2D eigenvalue weighted by Gasteiger charge is 2.38. The third-order valence-corrected chi connectivity index (χ3v) is 7.17. The van der Waals surface area contributed by atoms with Crippen LogP contribution in [0.3, 0.4) is 0 Å². The normalized spacial score (nSPS) is 26.2. The van der Waals surface area contributed by atoms with Crippen molar-refractivity contribution in [1.29, 1.82) is 0 Å². The van der Waals surface area contributed by atoms with E-state index in [1.807, 2.05) is 31.2 Å². The van der Waals surface area contributed by atoms with Gasteiger partial charge in [0.05, 0.1) is 18.5 Å². The molecule has 198 valence electrons. The zero-order chi connectivity index (χ0) is 25.9. The highest BCUT2D eigenvalue weighted by atomic mass is 35.5. The number of hydrogen-bond acceptors (Lipinski definition) is 7. The molecular formula is C25H33ClF3N5O2. The van der Waals surface area contributed by atoms with Crippen LogP contribution in [0.4, 0.5) is 13.2 Å². The number of rotatable bonds is 7. The number of ether oxygens (including phenoxy) is 1. The van der Waals surface area contributed by atoms with Crippen molar-refractivity contribution in [3.63, 3.8) is 0 Å². The lowest BCUT2D eigenvalue weighted by molar-refractivity contribution is -0.141. The van der Waals surface area contributed by atoms with Gasteiger partial charge in [0.15, 0.2) is 5.89 Å². The van der Waals surface area contributed by atoms with Crippen molar-refractivity contribution in [2.45, 2.75) is 69.3 Å². The molecule has 1 aliphatic carbocycles. The first-order valence-electron chi connectivity index (χ1n) is 12.2. The van der Waals surface area contributed by atoms with Gasteiger partial charge in [-0.25, -0.2) is 10.8 Å². The van der Waals surface area contributed by atoms with Crippen LogP contribution in [-0.4, -0.2) is 59.0 Å². The summed E-state index contributed by atoms with van der Waals surface area (Å²) in [5.41, 5.74) is 7.48. The summed E-state index contributed by atoms with van der Waals surface area (Å²) in [4.78, 5) is 6.82. The molecule has 4 N–H and O–H groups in total. The second-order valence-electron chi connectivity index (χ2n) is 9.73. The Morgan fingerprint density at radius 3 is 2.53 bits per heavy atom. The summed E-state index contributed by atoms with van der Waals surface area (Å²) < 4.78 is 49.9. The lowest BCUT2D eigenvalue weighted by Gasteiger charge is -2.46. The van der Waals surface area contributed by atoms with Crippen molar-refractivity contribution in [2.24, 2.45) is 11.6 Å². The van der Waals surface area contributed by atoms with E-state index in [4.69, 9.17) is 32.3 Å². The maximum absolute atomic E-state index is 12.7. The molecule has 36 heavy (non-hydrogen) atoms. The number of hydrazine groups is 1. The summed E-state index contributed by atoms with van der Waals surface area (Å²) in [5.74, 6) is 7.42. The molecular weight excluding hydrogens is 495 g/mol. The molecule has 1 aromatic heterocycles. The standard InChI is InChI=1S/C25H33ClF3N5O2/c1-16-11-32-24(36-16)18-4-8-20(9-5-18)34-13-23(22(30)12-33(31)15-25(27,28)29)35-14-21(34)10-17-2-6-19(26)7-3-17/h2-3,6-7,11-12,18,20-21,23H,4-5,8-10,13-15,30-31H2,1H3/b22-12-. The van der Waals surface area contributed by atoms with Crippen LogP contribution in [0, 0.1) is 6.92 Å². The number of aromatic nitrogens is 1. The van der Waals surface area contributed by atoms with E-state index < -0.39 is 18.8 Å². The molecule has 0 radical (unpaired) electrons. The third kappa shape index (κ3) is 7.15. The molecule has 2 atom stereocenters. The minimum Gasteiger partial charge on any atom is -0.446 e. The predicted molar refractivity (Wildman–Crippen MR) is 131 cm³/mol. The van der Waals surface area contributed by atoms with Crippen molar-refractivity contribution in [2.75, 3.05) is 19.7 Å². The molecule has 7 nitrogen and oxygen atoms in total. The Morgan fingerprint density at radius 1 is 1.22 bits per heavy atom. The Hall–Kier alpha value is -2.27. The van der Waals surface area contributed by atoms with E-state index in [9.17, 15) is 13.2 Å². The fraction of sp³-hybridized carbons (Fsp3) is 0.560. The molecule has 2 unspecified atom stereocenters. The number of hydrogen-bond donors (Lipinski definition) is 2. The van der Waals surface area contributed by atoms with Crippen LogP contribution < -0.4 is 11.6 Å². The molecule has 2 aliphatic rings. The van der Waals surface area contributed by atoms with E-state index in [1.165, 1.54) is 0 Å². The first-order valence-corrected chi connectivity index (χ1v) is 12.5. The zero-order valence-corrected chi connectivity index (χ0v) is 21.0. The zero-order valence-electron chi connectivity index (χ0n) is 20.3. The average molecular weight is 528 g/mol. The van der Waals surface area contributed by atoms with Crippen molar-refractivity contribution in [3.05, 3.63) is 64.6 Å². The van der Waals surface area contributed by atoms with Crippen molar-refractivity contribution in [3.8, 4) is 0 Å². The molecule has 1 saturated carbocycles. The third-order valence-electron chi connectivity index (χ3n) is 6.92. The van der Waals surface area contributed by atoms with Crippen LogP contribution >= 0.6 is 11.6 Å². The second kappa shape index (κ2) is 11.4.